The first-order valence-corrected chi connectivity index (χ1v) is 6.55. The van der Waals surface area contributed by atoms with Gasteiger partial charge in [0.15, 0.2) is 0 Å². The van der Waals surface area contributed by atoms with Crippen molar-refractivity contribution >= 4 is 11.8 Å². The van der Waals surface area contributed by atoms with Gasteiger partial charge in [0.25, 0.3) is 0 Å². The van der Waals surface area contributed by atoms with Crippen LogP contribution in [0.25, 0.3) is 0 Å². The Balaban J connectivity index is 2.13. The number of methoxy groups -OCH3 is 1. The lowest BCUT2D eigenvalue weighted by atomic mass is 10.3. The molecular weight excluding hydrogens is 244 g/mol. The van der Waals surface area contributed by atoms with Crippen molar-refractivity contribution in [3.63, 3.8) is 0 Å². The Bertz CT molecular complexity index is 499. The van der Waals surface area contributed by atoms with E-state index in [4.69, 9.17) is 4.74 Å². The first-order valence-electron chi connectivity index (χ1n) is 5.74. The molecule has 0 radical (unpaired) electrons. The number of benzene rings is 1. The summed E-state index contributed by atoms with van der Waals surface area (Å²) >= 11 is 1.61. The van der Waals surface area contributed by atoms with Gasteiger partial charge in [0.05, 0.1) is 12.0 Å². The van der Waals surface area contributed by atoms with Crippen molar-refractivity contribution in [2.24, 2.45) is 0 Å². The molecule has 1 aromatic carbocycles. The summed E-state index contributed by atoms with van der Waals surface area (Å²) in [7, 11) is 3.61. The number of hydrogen-bond donors (Lipinski definition) is 1. The number of ether oxygens (including phenoxy) is 1. The Hall–Kier alpha value is -1.52. The molecule has 0 amide bonds. The average Bonchev–Trinajstić information content (AvgIpc) is 2.42. The zero-order valence-corrected chi connectivity index (χ0v) is 11.3. The molecule has 4 heteroatoms. The van der Waals surface area contributed by atoms with Gasteiger partial charge in [-0.05, 0) is 30.8 Å². The van der Waals surface area contributed by atoms with Crippen LogP contribution in [-0.4, -0.2) is 19.1 Å². The van der Waals surface area contributed by atoms with Crippen molar-refractivity contribution in [3.8, 4) is 5.75 Å². The first-order chi connectivity index (χ1) is 8.83. The predicted molar refractivity (Wildman–Crippen MR) is 74.1 cm³/mol. The first kappa shape index (κ1) is 12.9. The normalized spacial score (nSPS) is 10.3. The molecule has 1 aromatic heterocycles. The summed E-state index contributed by atoms with van der Waals surface area (Å²) < 4.78 is 5.32. The summed E-state index contributed by atoms with van der Waals surface area (Å²) in [4.78, 5) is 5.51. The van der Waals surface area contributed by atoms with E-state index in [1.165, 1.54) is 5.56 Å². The molecule has 0 unspecified atom stereocenters. The lowest BCUT2D eigenvalue weighted by molar-refractivity contribution is 0.405. The van der Waals surface area contributed by atoms with Crippen molar-refractivity contribution in [2.45, 2.75) is 16.5 Å². The summed E-state index contributed by atoms with van der Waals surface area (Å²) in [6.07, 6.45) is 1.90. The van der Waals surface area contributed by atoms with E-state index in [1.54, 1.807) is 18.9 Å². The van der Waals surface area contributed by atoms with E-state index in [0.717, 1.165) is 22.2 Å². The van der Waals surface area contributed by atoms with Crippen LogP contribution in [0, 0.1) is 0 Å². The summed E-state index contributed by atoms with van der Waals surface area (Å²) in [6.45, 7) is 0.840. The fourth-order valence-corrected chi connectivity index (χ4v) is 2.46. The molecule has 2 rings (SSSR count). The number of aromatic nitrogens is 1. The van der Waals surface area contributed by atoms with Crippen LogP contribution in [-0.2, 0) is 6.54 Å². The predicted octanol–water partition coefficient (Wildman–Crippen LogP) is 2.96. The molecule has 0 spiro atoms. The number of para-hydroxylation sites is 1. The van der Waals surface area contributed by atoms with Crippen LogP contribution >= 0.6 is 11.8 Å². The molecular formula is C14H16N2OS. The highest BCUT2D eigenvalue weighted by atomic mass is 32.2. The van der Waals surface area contributed by atoms with E-state index in [1.807, 2.05) is 43.6 Å². The molecule has 18 heavy (non-hydrogen) atoms. The Kier molecular flexibility index (Phi) is 4.61. The van der Waals surface area contributed by atoms with Crippen molar-refractivity contribution in [1.29, 1.82) is 0 Å². The third kappa shape index (κ3) is 3.24. The Morgan fingerprint density at radius 1 is 1.22 bits per heavy atom. The van der Waals surface area contributed by atoms with Gasteiger partial charge in [-0.2, -0.15) is 0 Å². The number of hydrogen-bond acceptors (Lipinski definition) is 4. The fourth-order valence-electron chi connectivity index (χ4n) is 1.60. The van der Waals surface area contributed by atoms with Gasteiger partial charge >= 0.3 is 0 Å². The van der Waals surface area contributed by atoms with Gasteiger partial charge in [0, 0.05) is 12.7 Å². The van der Waals surface area contributed by atoms with Crippen LogP contribution < -0.4 is 10.1 Å². The second kappa shape index (κ2) is 6.42. The van der Waals surface area contributed by atoms with E-state index < -0.39 is 0 Å². The maximum absolute atomic E-state index is 5.32. The Labute approximate surface area is 112 Å². The quantitative estimate of drug-likeness (QED) is 0.896. The van der Waals surface area contributed by atoms with Gasteiger partial charge in [0.1, 0.15) is 10.8 Å². The second-order valence-corrected chi connectivity index (χ2v) is 4.85. The topological polar surface area (TPSA) is 34.1 Å². The van der Waals surface area contributed by atoms with Crippen molar-refractivity contribution in [3.05, 3.63) is 48.2 Å². The molecule has 0 aliphatic heterocycles. The van der Waals surface area contributed by atoms with E-state index >= 15 is 0 Å². The van der Waals surface area contributed by atoms with E-state index in [9.17, 15) is 0 Å². The minimum atomic E-state index is 0.840. The Morgan fingerprint density at radius 3 is 2.72 bits per heavy atom. The smallest absolute Gasteiger partial charge is 0.132 e. The third-order valence-corrected chi connectivity index (χ3v) is 3.47. The van der Waals surface area contributed by atoms with E-state index in [0.29, 0.717) is 0 Å². The van der Waals surface area contributed by atoms with Gasteiger partial charge in [-0.25, -0.2) is 4.98 Å². The van der Waals surface area contributed by atoms with Crippen LogP contribution in [0.3, 0.4) is 0 Å². The number of pyridine rings is 1. The zero-order valence-electron chi connectivity index (χ0n) is 10.5. The molecule has 0 aliphatic rings. The van der Waals surface area contributed by atoms with Crippen LogP contribution in [0.4, 0.5) is 0 Å². The lowest BCUT2D eigenvalue weighted by Gasteiger charge is -2.07. The molecule has 1 N–H and O–H groups in total. The number of nitrogens with zero attached hydrogens (tertiary/aromatic N) is 1. The summed E-state index contributed by atoms with van der Waals surface area (Å²) in [5.74, 6) is 0.878. The van der Waals surface area contributed by atoms with Gasteiger partial charge in [-0.3, -0.25) is 0 Å². The van der Waals surface area contributed by atoms with Crippen molar-refractivity contribution < 1.29 is 4.74 Å². The molecule has 94 valence electrons. The highest BCUT2D eigenvalue weighted by Crippen LogP contribution is 2.33. The molecule has 0 saturated heterocycles. The molecule has 3 nitrogen and oxygen atoms in total. The summed E-state index contributed by atoms with van der Waals surface area (Å²) in [5.41, 5.74) is 1.18. The monoisotopic (exact) mass is 260 g/mol. The van der Waals surface area contributed by atoms with Gasteiger partial charge < -0.3 is 10.1 Å². The molecule has 0 fully saturated rings. The maximum Gasteiger partial charge on any atom is 0.132 e. The highest BCUT2D eigenvalue weighted by Gasteiger charge is 2.04. The van der Waals surface area contributed by atoms with Gasteiger partial charge in [0.2, 0.25) is 0 Å². The number of nitrogens with one attached hydrogen (secondary N) is 1. The fraction of sp³-hybridized carbons (Fsp3) is 0.214. The summed E-state index contributed by atoms with van der Waals surface area (Å²) in [6, 6.07) is 12.1. The molecule has 2 aromatic rings. The Morgan fingerprint density at radius 2 is 2.06 bits per heavy atom. The zero-order chi connectivity index (χ0) is 12.8. The molecule has 0 saturated carbocycles. The van der Waals surface area contributed by atoms with Crippen LogP contribution in [0.15, 0.2) is 52.5 Å². The molecule has 0 bridgehead atoms. The van der Waals surface area contributed by atoms with Crippen LogP contribution in [0.1, 0.15) is 5.56 Å². The number of rotatable bonds is 5. The average molecular weight is 260 g/mol. The minimum Gasteiger partial charge on any atom is -0.496 e. The van der Waals surface area contributed by atoms with Crippen molar-refractivity contribution in [2.75, 3.05) is 14.2 Å². The maximum atomic E-state index is 5.32. The van der Waals surface area contributed by atoms with Gasteiger partial charge in [-0.1, -0.05) is 30.0 Å². The lowest BCUT2D eigenvalue weighted by Crippen LogP contribution is -2.05. The largest absolute Gasteiger partial charge is 0.496 e. The molecule has 0 atom stereocenters. The van der Waals surface area contributed by atoms with Crippen molar-refractivity contribution in [1.82, 2.24) is 10.3 Å². The molecule has 1 heterocycles. The third-order valence-electron chi connectivity index (χ3n) is 2.46. The SMILES string of the molecule is CNCc1ccc(Sc2ccccc2OC)nc1. The summed E-state index contributed by atoms with van der Waals surface area (Å²) in [5, 5.41) is 4.08. The standard InChI is InChI=1S/C14H16N2OS/c1-15-9-11-7-8-14(16-10-11)18-13-6-4-3-5-12(13)17-2/h3-8,10,15H,9H2,1-2H3. The van der Waals surface area contributed by atoms with Gasteiger partial charge in [-0.15, -0.1) is 0 Å². The van der Waals surface area contributed by atoms with Crippen LogP contribution in [0.5, 0.6) is 5.75 Å². The second-order valence-electron chi connectivity index (χ2n) is 3.79. The highest BCUT2D eigenvalue weighted by molar-refractivity contribution is 7.99. The van der Waals surface area contributed by atoms with E-state index in [2.05, 4.69) is 16.4 Å². The van der Waals surface area contributed by atoms with E-state index in [-0.39, 0.29) is 0 Å². The minimum absolute atomic E-state index is 0.840. The molecule has 0 aliphatic carbocycles. The van der Waals surface area contributed by atoms with Crippen LogP contribution in [0.2, 0.25) is 0 Å².